The van der Waals surface area contributed by atoms with Crippen LogP contribution in [0.15, 0.2) is 24.3 Å². The first kappa shape index (κ1) is 11.8. The summed E-state index contributed by atoms with van der Waals surface area (Å²) in [6.07, 6.45) is 14.9. The fourth-order valence-electron chi connectivity index (χ4n) is 0.429. The lowest BCUT2D eigenvalue weighted by molar-refractivity contribution is 1.22. The molecule has 0 heterocycles. The van der Waals surface area contributed by atoms with Crippen LogP contribution in [0.2, 0.25) is 0 Å². The molecule has 0 fully saturated rings. The number of rotatable bonds is 3. The van der Waals surface area contributed by atoms with Crippen molar-refractivity contribution in [1.82, 2.24) is 0 Å². The third kappa shape index (κ3) is 10.1. The van der Waals surface area contributed by atoms with Crippen LogP contribution in [0.1, 0.15) is 27.2 Å². The summed E-state index contributed by atoms with van der Waals surface area (Å²) in [5, 5.41) is 0. The molecule has 0 atom stereocenters. The van der Waals surface area contributed by atoms with E-state index in [1.807, 2.05) is 18.2 Å². The van der Waals surface area contributed by atoms with Gasteiger partial charge in [0, 0.05) is 6.42 Å². The van der Waals surface area contributed by atoms with Crippen LogP contribution in [0, 0.1) is 12.3 Å². The Labute approximate surface area is 64.6 Å². The molecule has 0 radical (unpaired) electrons. The van der Waals surface area contributed by atoms with E-state index in [4.69, 9.17) is 6.42 Å². The maximum Gasteiger partial charge on any atom is 0.0270 e. The largest absolute Gasteiger partial charge is 0.120 e. The maximum absolute atomic E-state index is 5.02. The number of allylic oxidation sites excluding steroid dienone is 4. The summed E-state index contributed by atoms with van der Waals surface area (Å²) in [6.45, 7) is 2.10. The minimum absolute atomic E-state index is 0. The Hall–Kier alpha value is -0.960. The van der Waals surface area contributed by atoms with Gasteiger partial charge in [-0.2, -0.15) is 0 Å². The molecule has 0 aromatic carbocycles. The highest BCUT2D eigenvalue weighted by molar-refractivity contribution is 5.06. The molecular weight excluding hydrogens is 120 g/mol. The van der Waals surface area contributed by atoms with E-state index in [0.29, 0.717) is 0 Å². The molecule has 0 rings (SSSR count). The van der Waals surface area contributed by atoms with Crippen molar-refractivity contribution < 1.29 is 0 Å². The number of hydrogen-bond acceptors (Lipinski definition) is 0. The zero-order valence-corrected chi connectivity index (χ0v) is 5.80. The van der Waals surface area contributed by atoms with Gasteiger partial charge in [-0.25, -0.2) is 0 Å². The molecule has 0 aliphatic carbocycles. The van der Waals surface area contributed by atoms with Crippen molar-refractivity contribution in [3.8, 4) is 12.3 Å². The molecule has 0 aromatic heterocycles. The standard InChI is InChI=1S/C9H12.CH4/c1-3-5-7-9-8-6-4-2;/h1,6-9H,4-5H2,2H3;1H4/b8-6-,9-7-;. The van der Waals surface area contributed by atoms with E-state index in [-0.39, 0.29) is 7.43 Å². The fourth-order valence-corrected chi connectivity index (χ4v) is 0.429. The van der Waals surface area contributed by atoms with E-state index in [9.17, 15) is 0 Å². The van der Waals surface area contributed by atoms with E-state index in [1.165, 1.54) is 0 Å². The van der Waals surface area contributed by atoms with E-state index < -0.39 is 0 Å². The van der Waals surface area contributed by atoms with Gasteiger partial charge in [0.15, 0.2) is 0 Å². The first-order valence-electron chi connectivity index (χ1n) is 3.17. The lowest BCUT2D eigenvalue weighted by Gasteiger charge is -1.74. The lowest BCUT2D eigenvalue weighted by atomic mass is 10.3. The molecule has 0 bridgehead atoms. The Bertz CT molecular complexity index is 133. The van der Waals surface area contributed by atoms with Crippen LogP contribution in [-0.4, -0.2) is 0 Å². The second-order valence-electron chi connectivity index (χ2n) is 1.67. The Kier molecular flexibility index (Phi) is 12.9. The van der Waals surface area contributed by atoms with Crippen molar-refractivity contribution >= 4 is 0 Å². The molecule has 0 nitrogen and oxygen atoms in total. The molecule has 0 aromatic rings. The zero-order chi connectivity index (χ0) is 6.95. The smallest absolute Gasteiger partial charge is 0.0270 e. The van der Waals surface area contributed by atoms with Gasteiger partial charge in [-0.3, -0.25) is 0 Å². The van der Waals surface area contributed by atoms with Crippen molar-refractivity contribution in [1.29, 1.82) is 0 Å². The molecule has 0 spiro atoms. The Morgan fingerprint density at radius 3 is 2.40 bits per heavy atom. The molecule has 0 saturated heterocycles. The minimum Gasteiger partial charge on any atom is -0.120 e. The first-order valence-corrected chi connectivity index (χ1v) is 3.17. The van der Waals surface area contributed by atoms with Gasteiger partial charge in [0.05, 0.1) is 0 Å². The Morgan fingerprint density at radius 1 is 1.30 bits per heavy atom. The van der Waals surface area contributed by atoms with Crippen molar-refractivity contribution in [2.75, 3.05) is 0 Å². The van der Waals surface area contributed by atoms with Gasteiger partial charge < -0.3 is 0 Å². The third-order valence-electron chi connectivity index (χ3n) is 0.855. The van der Waals surface area contributed by atoms with Crippen LogP contribution in [0.4, 0.5) is 0 Å². The highest BCUT2D eigenvalue weighted by Gasteiger charge is 1.64. The second-order valence-corrected chi connectivity index (χ2v) is 1.67. The van der Waals surface area contributed by atoms with Crippen molar-refractivity contribution in [2.24, 2.45) is 0 Å². The summed E-state index contributed by atoms with van der Waals surface area (Å²) in [5.74, 6) is 2.52. The molecule has 0 amide bonds. The van der Waals surface area contributed by atoms with E-state index in [2.05, 4.69) is 18.9 Å². The summed E-state index contributed by atoms with van der Waals surface area (Å²) in [6, 6.07) is 0. The van der Waals surface area contributed by atoms with Gasteiger partial charge in [-0.05, 0) is 6.42 Å². The minimum atomic E-state index is 0. The zero-order valence-electron chi connectivity index (χ0n) is 5.80. The monoisotopic (exact) mass is 136 g/mol. The SMILES string of the molecule is C.C#CC/C=C\C=C/CC. The molecule has 0 aliphatic heterocycles. The summed E-state index contributed by atoms with van der Waals surface area (Å²) in [4.78, 5) is 0. The summed E-state index contributed by atoms with van der Waals surface area (Å²) in [5.41, 5.74) is 0. The molecule has 0 heteroatoms. The molecule has 0 saturated carbocycles. The van der Waals surface area contributed by atoms with Crippen LogP contribution in [0.5, 0.6) is 0 Å². The van der Waals surface area contributed by atoms with Gasteiger partial charge >= 0.3 is 0 Å². The molecule has 0 unspecified atom stereocenters. The van der Waals surface area contributed by atoms with Gasteiger partial charge in [0.1, 0.15) is 0 Å². The van der Waals surface area contributed by atoms with Crippen molar-refractivity contribution in [3.63, 3.8) is 0 Å². The number of terminal acetylenes is 1. The Balaban J connectivity index is 0. The molecule has 10 heavy (non-hydrogen) atoms. The lowest BCUT2D eigenvalue weighted by Crippen LogP contribution is -1.55. The molecule has 56 valence electrons. The predicted molar refractivity (Wildman–Crippen MR) is 48.8 cm³/mol. The van der Waals surface area contributed by atoms with Crippen LogP contribution in [-0.2, 0) is 0 Å². The average Bonchev–Trinajstić information content (AvgIpc) is 1.89. The van der Waals surface area contributed by atoms with Crippen LogP contribution >= 0.6 is 0 Å². The number of hydrogen-bond donors (Lipinski definition) is 0. The highest BCUT2D eigenvalue weighted by atomic mass is 13.7. The highest BCUT2D eigenvalue weighted by Crippen LogP contribution is 1.83. The second kappa shape index (κ2) is 10.9. The van der Waals surface area contributed by atoms with E-state index in [0.717, 1.165) is 12.8 Å². The normalized spacial score (nSPS) is 9.60. The topological polar surface area (TPSA) is 0 Å². The average molecular weight is 136 g/mol. The first-order chi connectivity index (χ1) is 4.41. The van der Waals surface area contributed by atoms with Gasteiger partial charge in [0.2, 0.25) is 0 Å². The van der Waals surface area contributed by atoms with Crippen LogP contribution in [0.3, 0.4) is 0 Å². The van der Waals surface area contributed by atoms with E-state index >= 15 is 0 Å². The molecule has 0 aliphatic rings. The van der Waals surface area contributed by atoms with Gasteiger partial charge in [0.25, 0.3) is 0 Å². The predicted octanol–water partition coefficient (Wildman–Crippen LogP) is 3.17. The third-order valence-corrected chi connectivity index (χ3v) is 0.855. The quantitative estimate of drug-likeness (QED) is 0.413. The van der Waals surface area contributed by atoms with Gasteiger partial charge in [-0.1, -0.05) is 38.7 Å². The van der Waals surface area contributed by atoms with Gasteiger partial charge in [-0.15, -0.1) is 12.3 Å². The fraction of sp³-hybridized carbons (Fsp3) is 0.400. The van der Waals surface area contributed by atoms with Crippen molar-refractivity contribution in [2.45, 2.75) is 27.2 Å². The maximum atomic E-state index is 5.02. The van der Waals surface area contributed by atoms with E-state index in [1.54, 1.807) is 0 Å². The van der Waals surface area contributed by atoms with Crippen molar-refractivity contribution in [3.05, 3.63) is 24.3 Å². The summed E-state index contributed by atoms with van der Waals surface area (Å²) < 4.78 is 0. The van der Waals surface area contributed by atoms with Crippen LogP contribution < -0.4 is 0 Å². The summed E-state index contributed by atoms with van der Waals surface area (Å²) in [7, 11) is 0. The molecule has 0 N–H and O–H groups in total. The molecular formula is C10H16. The summed E-state index contributed by atoms with van der Waals surface area (Å²) >= 11 is 0. The van der Waals surface area contributed by atoms with Crippen LogP contribution in [0.25, 0.3) is 0 Å². The Morgan fingerprint density at radius 2 is 1.90 bits per heavy atom.